The van der Waals surface area contributed by atoms with Gasteiger partial charge in [-0.2, -0.15) is 5.10 Å². The predicted molar refractivity (Wildman–Crippen MR) is 100 cm³/mol. The second-order valence-corrected chi connectivity index (χ2v) is 6.99. The standard InChI is InChI=1S/C21H17ClN2O2/c1-13-10-11-20(25-13)17-12-18-15-7-3-5-9-19(15)26-21(24(18)23-17)14-6-2-4-8-16(14)22/h2-11,18,21H,12H2,1H3. The summed E-state index contributed by atoms with van der Waals surface area (Å²) in [6.45, 7) is 1.94. The van der Waals surface area contributed by atoms with Gasteiger partial charge in [-0.15, -0.1) is 0 Å². The van der Waals surface area contributed by atoms with Gasteiger partial charge in [-0.05, 0) is 31.2 Å². The molecule has 0 N–H and O–H groups in total. The van der Waals surface area contributed by atoms with Crippen molar-refractivity contribution in [2.24, 2.45) is 5.10 Å². The summed E-state index contributed by atoms with van der Waals surface area (Å²) in [5.41, 5.74) is 2.98. The largest absolute Gasteiger partial charge is 0.464 e. The number of para-hydroxylation sites is 1. The molecular formula is C21H17ClN2O2. The van der Waals surface area contributed by atoms with Crippen molar-refractivity contribution in [1.82, 2.24) is 5.01 Å². The molecule has 0 aliphatic carbocycles. The Kier molecular flexibility index (Phi) is 3.54. The number of hydrogen-bond acceptors (Lipinski definition) is 4. The van der Waals surface area contributed by atoms with Gasteiger partial charge in [0.2, 0.25) is 6.23 Å². The number of benzene rings is 2. The lowest BCUT2D eigenvalue weighted by atomic mass is 9.97. The summed E-state index contributed by atoms with van der Waals surface area (Å²) in [6.07, 6.45) is 0.408. The molecule has 5 heteroatoms. The van der Waals surface area contributed by atoms with Crippen molar-refractivity contribution in [2.75, 3.05) is 0 Å². The number of fused-ring (bicyclic) bond motifs is 3. The molecule has 0 spiro atoms. The van der Waals surface area contributed by atoms with E-state index in [-0.39, 0.29) is 12.3 Å². The van der Waals surface area contributed by atoms with Gasteiger partial charge in [0.15, 0.2) is 0 Å². The van der Waals surface area contributed by atoms with Crippen molar-refractivity contribution in [1.29, 1.82) is 0 Å². The van der Waals surface area contributed by atoms with Crippen molar-refractivity contribution < 1.29 is 9.15 Å². The number of aryl methyl sites for hydroxylation is 1. The molecule has 1 aromatic heterocycles. The third-order valence-corrected chi connectivity index (χ3v) is 5.24. The molecule has 3 aromatic rings. The van der Waals surface area contributed by atoms with Crippen LogP contribution in [0.1, 0.15) is 41.3 Å². The number of hydrazone groups is 1. The van der Waals surface area contributed by atoms with E-state index in [0.717, 1.165) is 40.5 Å². The van der Waals surface area contributed by atoms with Crippen molar-refractivity contribution in [3.8, 4) is 5.75 Å². The average molecular weight is 365 g/mol. The van der Waals surface area contributed by atoms with Gasteiger partial charge in [-0.25, -0.2) is 5.01 Å². The van der Waals surface area contributed by atoms with Crippen LogP contribution in [0.15, 0.2) is 70.2 Å². The molecule has 4 nitrogen and oxygen atoms in total. The molecule has 2 atom stereocenters. The number of nitrogens with zero attached hydrogens (tertiary/aromatic N) is 2. The van der Waals surface area contributed by atoms with Gasteiger partial charge in [-0.3, -0.25) is 0 Å². The number of hydrogen-bond donors (Lipinski definition) is 0. The molecule has 0 bridgehead atoms. The van der Waals surface area contributed by atoms with Crippen LogP contribution < -0.4 is 4.74 Å². The highest BCUT2D eigenvalue weighted by Crippen LogP contribution is 2.48. The van der Waals surface area contributed by atoms with Gasteiger partial charge >= 0.3 is 0 Å². The Hall–Kier alpha value is -2.72. The maximum absolute atomic E-state index is 6.46. The van der Waals surface area contributed by atoms with E-state index in [2.05, 4.69) is 6.07 Å². The summed E-state index contributed by atoms with van der Waals surface area (Å²) in [5, 5.41) is 7.55. The predicted octanol–water partition coefficient (Wildman–Crippen LogP) is 5.48. The molecule has 0 fully saturated rings. The van der Waals surface area contributed by atoms with E-state index in [0.29, 0.717) is 5.02 Å². The van der Waals surface area contributed by atoms with Crippen LogP contribution in [0.4, 0.5) is 0 Å². The molecule has 0 radical (unpaired) electrons. The average Bonchev–Trinajstić information content (AvgIpc) is 3.28. The topological polar surface area (TPSA) is 38.0 Å². The second kappa shape index (κ2) is 5.92. The van der Waals surface area contributed by atoms with Gasteiger partial charge in [0.25, 0.3) is 0 Å². The Morgan fingerprint density at radius 1 is 1.00 bits per heavy atom. The van der Waals surface area contributed by atoms with E-state index in [1.807, 2.05) is 66.5 Å². The van der Waals surface area contributed by atoms with Crippen molar-refractivity contribution in [3.05, 3.63) is 88.3 Å². The Labute approximate surface area is 156 Å². The number of furan rings is 1. The smallest absolute Gasteiger partial charge is 0.215 e. The summed E-state index contributed by atoms with van der Waals surface area (Å²) >= 11 is 6.46. The number of ether oxygens (including phenoxy) is 1. The van der Waals surface area contributed by atoms with Crippen LogP contribution in [0.3, 0.4) is 0 Å². The van der Waals surface area contributed by atoms with E-state index >= 15 is 0 Å². The molecule has 2 unspecified atom stereocenters. The Morgan fingerprint density at radius 3 is 2.54 bits per heavy atom. The summed E-state index contributed by atoms with van der Waals surface area (Å²) in [5.74, 6) is 2.57. The Balaban J connectivity index is 1.62. The van der Waals surface area contributed by atoms with Crippen molar-refractivity contribution in [2.45, 2.75) is 25.6 Å². The molecule has 2 aliphatic heterocycles. The third-order valence-electron chi connectivity index (χ3n) is 4.90. The van der Waals surface area contributed by atoms with Gasteiger partial charge in [0.1, 0.15) is 23.0 Å². The first kappa shape index (κ1) is 15.5. The fraction of sp³-hybridized carbons (Fsp3) is 0.190. The molecule has 2 aromatic carbocycles. The van der Waals surface area contributed by atoms with E-state index < -0.39 is 0 Å². The SMILES string of the molecule is Cc1ccc(C2=NN3C(C2)c2ccccc2OC3c2ccccc2Cl)o1. The number of rotatable bonds is 2. The van der Waals surface area contributed by atoms with Crippen molar-refractivity contribution in [3.63, 3.8) is 0 Å². The molecule has 5 rings (SSSR count). The maximum atomic E-state index is 6.46. The first-order valence-corrected chi connectivity index (χ1v) is 9.01. The highest BCUT2D eigenvalue weighted by atomic mass is 35.5. The van der Waals surface area contributed by atoms with Gasteiger partial charge in [0, 0.05) is 22.6 Å². The third kappa shape index (κ3) is 2.41. The van der Waals surface area contributed by atoms with E-state index in [9.17, 15) is 0 Å². The van der Waals surface area contributed by atoms with Crippen LogP contribution in [0.25, 0.3) is 0 Å². The van der Waals surface area contributed by atoms with Crippen LogP contribution in [0.2, 0.25) is 5.02 Å². The summed E-state index contributed by atoms with van der Waals surface area (Å²) in [6, 6.07) is 19.9. The Morgan fingerprint density at radius 2 is 1.77 bits per heavy atom. The highest BCUT2D eigenvalue weighted by Gasteiger charge is 2.41. The molecule has 2 aliphatic rings. The van der Waals surface area contributed by atoms with Crippen LogP contribution in [-0.4, -0.2) is 10.7 Å². The lowest BCUT2D eigenvalue weighted by Gasteiger charge is -2.38. The van der Waals surface area contributed by atoms with Crippen LogP contribution in [-0.2, 0) is 0 Å². The fourth-order valence-electron chi connectivity index (χ4n) is 3.65. The van der Waals surface area contributed by atoms with Gasteiger partial charge in [-0.1, -0.05) is 48.0 Å². The van der Waals surface area contributed by atoms with Crippen molar-refractivity contribution >= 4 is 17.3 Å². The molecule has 26 heavy (non-hydrogen) atoms. The highest BCUT2D eigenvalue weighted by molar-refractivity contribution is 6.31. The monoisotopic (exact) mass is 364 g/mol. The minimum atomic E-state index is -0.364. The van der Waals surface area contributed by atoms with Gasteiger partial charge < -0.3 is 9.15 Å². The summed E-state index contributed by atoms with van der Waals surface area (Å²) in [7, 11) is 0. The summed E-state index contributed by atoms with van der Waals surface area (Å²) < 4.78 is 12.1. The second-order valence-electron chi connectivity index (χ2n) is 6.59. The van der Waals surface area contributed by atoms with Crippen LogP contribution in [0.5, 0.6) is 5.75 Å². The van der Waals surface area contributed by atoms with E-state index in [1.54, 1.807) is 0 Å². The zero-order valence-electron chi connectivity index (χ0n) is 14.2. The van der Waals surface area contributed by atoms with Gasteiger partial charge in [0.05, 0.1) is 6.04 Å². The van der Waals surface area contributed by atoms with Crippen LogP contribution >= 0.6 is 11.6 Å². The number of halogens is 1. The maximum Gasteiger partial charge on any atom is 0.215 e. The first-order valence-electron chi connectivity index (χ1n) is 8.63. The zero-order valence-corrected chi connectivity index (χ0v) is 15.0. The first-order chi connectivity index (χ1) is 12.7. The molecule has 0 saturated heterocycles. The molecule has 130 valence electrons. The molecular weight excluding hydrogens is 348 g/mol. The molecule has 0 saturated carbocycles. The lowest BCUT2D eigenvalue weighted by molar-refractivity contribution is -0.0189. The molecule has 3 heterocycles. The minimum absolute atomic E-state index is 0.0987. The van der Waals surface area contributed by atoms with Crippen LogP contribution in [0, 0.1) is 6.92 Å². The lowest BCUT2D eigenvalue weighted by Crippen LogP contribution is -2.33. The zero-order chi connectivity index (χ0) is 17.7. The minimum Gasteiger partial charge on any atom is -0.464 e. The fourth-order valence-corrected chi connectivity index (χ4v) is 3.88. The normalized spacial score (nSPS) is 21.0. The van der Waals surface area contributed by atoms with E-state index in [4.69, 9.17) is 25.9 Å². The van der Waals surface area contributed by atoms with E-state index in [1.165, 1.54) is 0 Å². The Bertz CT molecular complexity index is 1010. The summed E-state index contributed by atoms with van der Waals surface area (Å²) in [4.78, 5) is 0. The quantitative estimate of drug-likeness (QED) is 0.604. The molecule has 0 amide bonds.